The first-order valence-corrected chi connectivity index (χ1v) is 16.8. The Hall–Kier alpha value is 0.460. The zero-order chi connectivity index (χ0) is 21.1. The molecule has 8 atom stereocenters. The Balaban J connectivity index is 1.93. The monoisotopic (exact) mass is 428 g/mol. The summed E-state index contributed by atoms with van der Waals surface area (Å²) < 4.78 is 27.4. The minimum Gasteiger partial charge on any atom is -0.324 e. The van der Waals surface area contributed by atoms with Gasteiger partial charge in [0.15, 0.2) is 0 Å². The maximum Gasteiger partial charge on any atom is 0.0851 e. The van der Waals surface area contributed by atoms with Crippen molar-refractivity contribution in [2.75, 3.05) is 38.0 Å². The van der Waals surface area contributed by atoms with Gasteiger partial charge in [0, 0.05) is 24.6 Å². The topological polar surface area (TPSA) is 34.1 Å². The van der Waals surface area contributed by atoms with Crippen LogP contribution in [-0.4, -0.2) is 38.0 Å². The van der Waals surface area contributed by atoms with E-state index in [-0.39, 0.29) is 10.8 Å². The standard InChI is InChI=1S/C24H46O2P2/c1-17-13-20-10-12-28(8,26)16-22-19(14-18(2)23(22,3)4)9-11-27(7,25)15-21(17)24(20,5)6/h17-22H,9-16H2,1-8H3/t17-,18-,19+,20+,21+,22-,27-,28+/m1/s1. The Bertz CT molecular complexity index is 680. The fourth-order valence-electron chi connectivity index (χ4n) is 7.34. The molecule has 1 aliphatic heterocycles. The molecule has 3 aliphatic rings. The van der Waals surface area contributed by atoms with E-state index in [0.717, 1.165) is 37.5 Å². The molecule has 2 bridgehead atoms. The molecule has 0 aromatic rings. The van der Waals surface area contributed by atoms with Crippen molar-refractivity contribution in [1.82, 2.24) is 0 Å². The van der Waals surface area contributed by atoms with Crippen LogP contribution in [0, 0.1) is 46.3 Å². The van der Waals surface area contributed by atoms with E-state index in [0.29, 0.717) is 35.5 Å². The van der Waals surface area contributed by atoms with Gasteiger partial charge in [0.2, 0.25) is 0 Å². The molecule has 3 rings (SSSR count). The highest BCUT2D eigenvalue weighted by Gasteiger charge is 2.51. The van der Waals surface area contributed by atoms with E-state index in [9.17, 15) is 9.13 Å². The van der Waals surface area contributed by atoms with Crippen molar-refractivity contribution in [2.45, 2.75) is 67.2 Å². The van der Waals surface area contributed by atoms with Crippen LogP contribution in [0.4, 0.5) is 0 Å². The van der Waals surface area contributed by atoms with Gasteiger partial charge in [-0.3, -0.25) is 0 Å². The van der Waals surface area contributed by atoms with E-state index in [2.05, 4.69) is 54.9 Å². The van der Waals surface area contributed by atoms with Crippen LogP contribution in [0.25, 0.3) is 0 Å². The van der Waals surface area contributed by atoms with Crippen LogP contribution >= 0.6 is 14.3 Å². The molecule has 0 amide bonds. The molecule has 3 fully saturated rings. The van der Waals surface area contributed by atoms with E-state index in [1.807, 2.05) is 0 Å². The van der Waals surface area contributed by atoms with Gasteiger partial charge in [-0.25, -0.2) is 0 Å². The normalized spacial score (nSPS) is 51.6. The second-order valence-electron chi connectivity index (χ2n) is 12.6. The second-order valence-corrected chi connectivity index (χ2v) is 19.5. The van der Waals surface area contributed by atoms with Gasteiger partial charge in [-0.05, 0) is 85.4 Å². The van der Waals surface area contributed by atoms with Crippen molar-refractivity contribution in [2.24, 2.45) is 46.3 Å². The molecule has 1 heterocycles. The summed E-state index contributed by atoms with van der Waals surface area (Å²) in [6, 6.07) is 0. The molecule has 0 aromatic carbocycles. The number of fused-ring (bicyclic) bond motifs is 3. The van der Waals surface area contributed by atoms with Crippen molar-refractivity contribution in [3.8, 4) is 0 Å². The lowest BCUT2D eigenvalue weighted by atomic mass is 9.74. The average molecular weight is 429 g/mol. The van der Waals surface area contributed by atoms with Crippen molar-refractivity contribution in [1.29, 1.82) is 0 Å². The molecule has 164 valence electrons. The Morgan fingerprint density at radius 3 is 1.89 bits per heavy atom. The van der Waals surface area contributed by atoms with Gasteiger partial charge in [0.25, 0.3) is 0 Å². The van der Waals surface area contributed by atoms with Crippen LogP contribution in [0.1, 0.15) is 67.2 Å². The zero-order valence-corrected chi connectivity index (χ0v) is 21.6. The molecule has 2 saturated carbocycles. The Labute approximate surface area is 175 Å². The smallest absolute Gasteiger partial charge is 0.0851 e. The Morgan fingerprint density at radius 1 is 0.750 bits per heavy atom. The third-order valence-corrected chi connectivity index (χ3v) is 14.6. The molecule has 28 heavy (non-hydrogen) atoms. The number of hydrogen-bond donors (Lipinski definition) is 0. The minimum absolute atomic E-state index is 0.225. The molecule has 2 nitrogen and oxygen atoms in total. The highest BCUT2D eigenvalue weighted by atomic mass is 31.2. The van der Waals surface area contributed by atoms with Crippen LogP contribution < -0.4 is 0 Å². The number of rotatable bonds is 0. The fraction of sp³-hybridized carbons (Fsp3) is 1.00. The van der Waals surface area contributed by atoms with Crippen LogP contribution in [0.5, 0.6) is 0 Å². The summed E-state index contributed by atoms with van der Waals surface area (Å²) in [7, 11) is -4.27. The summed E-state index contributed by atoms with van der Waals surface area (Å²) >= 11 is 0. The van der Waals surface area contributed by atoms with Gasteiger partial charge in [0.1, 0.15) is 0 Å². The molecular formula is C24H46O2P2. The summed E-state index contributed by atoms with van der Waals surface area (Å²) in [6.07, 6.45) is 8.29. The van der Waals surface area contributed by atoms with Crippen molar-refractivity contribution in [3.63, 3.8) is 0 Å². The molecule has 0 spiro atoms. The molecule has 0 radical (unpaired) electrons. The zero-order valence-electron chi connectivity index (χ0n) is 19.8. The summed E-state index contributed by atoms with van der Waals surface area (Å²) in [5.74, 6) is 3.64. The van der Waals surface area contributed by atoms with E-state index < -0.39 is 14.3 Å². The predicted octanol–water partition coefficient (Wildman–Crippen LogP) is 7.36. The summed E-state index contributed by atoms with van der Waals surface area (Å²) in [4.78, 5) is 0. The third-order valence-electron chi connectivity index (χ3n) is 9.89. The third kappa shape index (κ3) is 4.40. The molecule has 0 unspecified atom stereocenters. The largest absolute Gasteiger partial charge is 0.324 e. The summed E-state index contributed by atoms with van der Waals surface area (Å²) in [5.41, 5.74) is 0.476. The van der Waals surface area contributed by atoms with Crippen LogP contribution in [0.2, 0.25) is 0 Å². The molecule has 0 aromatic heterocycles. The van der Waals surface area contributed by atoms with Crippen LogP contribution in [0.3, 0.4) is 0 Å². The predicted molar refractivity (Wildman–Crippen MR) is 125 cm³/mol. The van der Waals surface area contributed by atoms with Crippen molar-refractivity contribution >= 4 is 14.3 Å². The van der Waals surface area contributed by atoms with Gasteiger partial charge < -0.3 is 9.13 Å². The Morgan fingerprint density at radius 2 is 1.29 bits per heavy atom. The van der Waals surface area contributed by atoms with Gasteiger partial charge >= 0.3 is 0 Å². The first-order chi connectivity index (χ1) is 12.7. The lowest BCUT2D eigenvalue weighted by Gasteiger charge is -2.36. The highest BCUT2D eigenvalue weighted by Crippen LogP contribution is 2.63. The fourth-order valence-corrected chi connectivity index (χ4v) is 12.7. The lowest BCUT2D eigenvalue weighted by Crippen LogP contribution is -2.30. The molecule has 0 N–H and O–H groups in total. The highest BCUT2D eigenvalue weighted by molar-refractivity contribution is 7.63. The average Bonchev–Trinajstić information content (AvgIpc) is 2.88. The minimum atomic E-state index is -2.14. The van der Waals surface area contributed by atoms with E-state index >= 15 is 0 Å². The van der Waals surface area contributed by atoms with E-state index in [1.165, 1.54) is 12.8 Å². The summed E-state index contributed by atoms with van der Waals surface area (Å²) in [6.45, 7) is 18.6. The second kappa shape index (κ2) is 7.55. The molecule has 1 saturated heterocycles. The maximum atomic E-state index is 13.7. The summed E-state index contributed by atoms with van der Waals surface area (Å²) in [5, 5.41) is 0. The molecule has 2 aliphatic carbocycles. The lowest BCUT2D eigenvalue weighted by molar-refractivity contribution is 0.184. The van der Waals surface area contributed by atoms with Gasteiger partial charge in [0.05, 0.1) is 14.3 Å². The van der Waals surface area contributed by atoms with Gasteiger partial charge in [-0.1, -0.05) is 41.5 Å². The van der Waals surface area contributed by atoms with Crippen molar-refractivity contribution < 1.29 is 9.13 Å². The molecular weight excluding hydrogens is 382 g/mol. The van der Waals surface area contributed by atoms with Gasteiger partial charge in [-0.15, -0.1) is 0 Å². The van der Waals surface area contributed by atoms with Crippen LogP contribution in [0.15, 0.2) is 0 Å². The van der Waals surface area contributed by atoms with Crippen molar-refractivity contribution in [3.05, 3.63) is 0 Å². The molecule has 4 heteroatoms. The first-order valence-electron chi connectivity index (χ1n) is 11.8. The van der Waals surface area contributed by atoms with E-state index in [4.69, 9.17) is 0 Å². The van der Waals surface area contributed by atoms with Crippen LogP contribution in [-0.2, 0) is 9.13 Å². The van der Waals surface area contributed by atoms with E-state index in [1.54, 1.807) is 0 Å². The quantitative estimate of drug-likeness (QED) is 0.378. The first kappa shape index (κ1) is 23.1. The Kier molecular flexibility index (Phi) is 6.24. The number of hydrogen-bond acceptors (Lipinski definition) is 2. The van der Waals surface area contributed by atoms with Gasteiger partial charge in [-0.2, -0.15) is 0 Å². The maximum absolute atomic E-state index is 13.7. The SMILES string of the molecule is C[C@@H]1C[C@@H]2CC[P@](C)(=O)C[C@@H]3[C@@H](CC[P@@](C)(=O)C[C@@H]1C2(C)C)C[C@@H](C)C3(C)C.